The summed E-state index contributed by atoms with van der Waals surface area (Å²) in [4.78, 5) is 0. The van der Waals surface area contributed by atoms with Crippen LogP contribution in [0.2, 0.25) is 0 Å². The monoisotopic (exact) mass is 243 g/mol. The van der Waals surface area contributed by atoms with Gasteiger partial charge >= 0.3 is 12.4 Å². The molecule has 0 saturated heterocycles. The first-order valence-electron chi connectivity index (χ1n) is 3.97. The molecule has 0 bridgehead atoms. The van der Waals surface area contributed by atoms with Crippen molar-refractivity contribution in [1.82, 2.24) is 0 Å². The van der Waals surface area contributed by atoms with E-state index in [-0.39, 0.29) is 0 Å². The van der Waals surface area contributed by atoms with Crippen LogP contribution in [0.25, 0.3) is 0 Å². The Hall–Kier alpha value is -1.40. The molecule has 0 saturated carbocycles. The van der Waals surface area contributed by atoms with Crippen molar-refractivity contribution in [2.45, 2.75) is 12.4 Å². The van der Waals surface area contributed by atoms with Crippen LogP contribution in [-0.4, -0.2) is 12.8 Å². The summed E-state index contributed by atoms with van der Waals surface area (Å²) in [6, 6.07) is 4.15. The summed E-state index contributed by atoms with van der Waals surface area (Å²) >= 11 is 0. The normalized spacial score (nSPS) is 12.6. The van der Waals surface area contributed by atoms with Gasteiger partial charge in [-0.3, -0.25) is 0 Å². The summed E-state index contributed by atoms with van der Waals surface area (Å²) in [5.41, 5.74) is -1.08. The first-order chi connectivity index (χ1) is 7.18. The van der Waals surface area contributed by atoms with Crippen LogP contribution in [0.1, 0.15) is 5.56 Å². The predicted octanol–water partition coefficient (Wildman–Crippen LogP) is 3.45. The highest BCUT2D eigenvalue weighted by Crippen LogP contribution is 2.31. The minimum atomic E-state index is -4.62. The fourth-order valence-electron chi connectivity index (χ4n) is 0.864. The molecule has 0 N–H and O–H groups in total. The lowest BCUT2D eigenvalue weighted by atomic mass is 10.2. The van der Waals surface area contributed by atoms with E-state index in [2.05, 4.69) is 10.8 Å². The van der Waals surface area contributed by atoms with Crippen LogP contribution in [0.15, 0.2) is 18.2 Å². The second kappa shape index (κ2) is 4.23. The van der Waals surface area contributed by atoms with Gasteiger partial charge in [0.15, 0.2) is 6.61 Å². The van der Waals surface area contributed by atoms with Gasteiger partial charge in [0.05, 0.1) is 5.56 Å². The van der Waals surface area contributed by atoms with Crippen LogP contribution >= 0.6 is 0 Å². The Morgan fingerprint density at radius 1 is 1.12 bits per heavy atom. The van der Waals surface area contributed by atoms with Gasteiger partial charge in [0.2, 0.25) is 0 Å². The van der Waals surface area contributed by atoms with Gasteiger partial charge in [-0.2, -0.15) is 26.3 Å². The van der Waals surface area contributed by atoms with Crippen molar-refractivity contribution in [3.05, 3.63) is 29.8 Å². The van der Waals surface area contributed by atoms with E-state index in [0.29, 0.717) is 12.1 Å². The molecule has 0 unspecified atom stereocenters. The molecule has 1 rings (SSSR count). The molecule has 1 nitrogen and oxygen atoms in total. The molecule has 0 heterocycles. The highest BCUT2D eigenvalue weighted by molar-refractivity contribution is 5.29. The fourth-order valence-corrected chi connectivity index (χ4v) is 0.864. The second-order valence-corrected chi connectivity index (χ2v) is 2.84. The molecule has 1 aromatic carbocycles. The average Bonchev–Trinajstić information content (AvgIpc) is 2.13. The molecule has 0 aliphatic heterocycles. The topological polar surface area (TPSA) is 9.23 Å². The number of alkyl halides is 6. The van der Waals surface area contributed by atoms with E-state index in [1.54, 1.807) is 0 Å². The third kappa shape index (κ3) is 4.00. The molecule has 0 atom stereocenters. The van der Waals surface area contributed by atoms with Gasteiger partial charge in [0.25, 0.3) is 0 Å². The Bertz CT molecular complexity index is 354. The molecule has 1 radical (unpaired) electrons. The van der Waals surface area contributed by atoms with Gasteiger partial charge in [0.1, 0.15) is 5.75 Å². The van der Waals surface area contributed by atoms with Crippen molar-refractivity contribution in [2.24, 2.45) is 0 Å². The Morgan fingerprint density at radius 2 is 1.75 bits per heavy atom. The number of hydrogen-bond acceptors (Lipinski definition) is 1. The van der Waals surface area contributed by atoms with E-state index in [1.165, 1.54) is 0 Å². The lowest BCUT2D eigenvalue weighted by Gasteiger charge is -2.11. The van der Waals surface area contributed by atoms with Crippen molar-refractivity contribution in [3.8, 4) is 5.75 Å². The highest BCUT2D eigenvalue weighted by atomic mass is 19.4. The van der Waals surface area contributed by atoms with E-state index in [1.807, 2.05) is 0 Å². The maximum atomic E-state index is 12.2. The van der Waals surface area contributed by atoms with E-state index in [9.17, 15) is 26.3 Å². The minimum absolute atomic E-state index is 0.464. The number of halogens is 6. The SMILES string of the molecule is FC(F)(F)COc1[c]ccc(C(F)(F)F)c1. The molecule has 0 fully saturated rings. The Kier molecular flexibility index (Phi) is 3.35. The van der Waals surface area contributed by atoms with Crippen molar-refractivity contribution < 1.29 is 31.1 Å². The largest absolute Gasteiger partial charge is 0.483 e. The Balaban J connectivity index is 2.76. The number of benzene rings is 1. The zero-order valence-corrected chi connectivity index (χ0v) is 7.62. The zero-order valence-electron chi connectivity index (χ0n) is 7.62. The molecular formula is C9H5F6O. The molecule has 1 aromatic rings. The van der Waals surface area contributed by atoms with Gasteiger partial charge in [-0.15, -0.1) is 0 Å². The third-order valence-corrected chi connectivity index (χ3v) is 1.49. The number of ether oxygens (including phenoxy) is 1. The molecule has 0 aliphatic rings. The summed E-state index contributed by atoms with van der Waals surface area (Å²) in [7, 11) is 0. The quantitative estimate of drug-likeness (QED) is 0.723. The third-order valence-electron chi connectivity index (χ3n) is 1.49. The van der Waals surface area contributed by atoms with Crippen LogP contribution in [0.3, 0.4) is 0 Å². The van der Waals surface area contributed by atoms with Crippen LogP contribution in [0, 0.1) is 6.07 Å². The summed E-state index contributed by atoms with van der Waals surface area (Å²) in [6.07, 6.45) is -9.21. The molecule has 0 aromatic heterocycles. The number of rotatable bonds is 2. The highest BCUT2D eigenvalue weighted by Gasteiger charge is 2.32. The van der Waals surface area contributed by atoms with E-state index >= 15 is 0 Å². The van der Waals surface area contributed by atoms with Gasteiger partial charge in [-0.1, -0.05) is 0 Å². The fraction of sp³-hybridized carbons (Fsp3) is 0.333. The van der Waals surface area contributed by atoms with Crippen LogP contribution in [0.5, 0.6) is 5.75 Å². The molecule has 0 aliphatic carbocycles. The summed E-state index contributed by atoms with van der Waals surface area (Å²) in [6.45, 7) is -1.65. The molecule has 16 heavy (non-hydrogen) atoms. The van der Waals surface area contributed by atoms with Crippen LogP contribution in [0.4, 0.5) is 26.3 Å². The lowest BCUT2D eigenvalue weighted by molar-refractivity contribution is -0.153. The predicted molar refractivity (Wildman–Crippen MR) is 41.8 cm³/mol. The van der Waals surface area contributed by atoms with Gasteiger partial charge in [0, 0.05) is 6.07 Å². The Labute approximate surface area is 86.6 Å². The first kappa shape index (κ1) is 12.7. The maximum Gasteiger partial charge on any atom is 0.422 e. The van der Waals surface area contributed by atoms with E-state index < -0.39 is 30.3 Å². The van der Waals surface area contributed by atoms with E-state index in [0.717, 1.165) is 6.07 Å². The number of hydrogen-bond donors (Lipinski definition) is 0. The average molecular weight is 243 g/mol. The van der Waals surface area contributed by atoms with Gasteiger partial charge in [-0.25, -0.2) is 0 Å². The van der Waals surface area contributed by atoms with Crippen molar-refractivity contribution in [2.75, 3.05) is 6.61 Å². The van der Waals surface area contributed by atoms with Gasteiger partial charge < -0.3 is 4.74 Å². The van der Waals surface area contributed by atoms with Gasteiger partial charge in [-0.05, 0) is 18.2 Å². The van der Waals surface area contributed by atoms with Crippen molar-refractivity contribution >= 4 is 0 Å². The maximum absolute atomic E-state index is 12.2. The molecule has 7 heteroatoms. The summed E-state index contributed by atoms with van der Waals surface area (Å²) in [5.74, 6) is -0.591. The van der Waals surface area contributed by atoms with Crippen LogP contribution in [-0.2, 0) is 6.18 Å². The zero-order chi connectivity index (χ0) is 12.4. The molecular weight excluding hydrogens is 238 g/mol. The minimum Gasteiger partial charge on any atom is -0.483 e. The summed E-state index contributed by atoms with van der Waals surface area (Å²) < 4.78 is 75.7. The summed E-state index contributed by atoms with van der Waals surface area (Å²) in [5, 5.41) is 0. The van der Waals surface area contributed by atoms with Crippen LogP contribution < -0.4 is 4.74 Å². The molecule has 0 amide bonds. The Morgan fingerprint density at radius 3 is 2.25 bits per heavy atom. The smallest absolute Gasteiger partial charge is 0.422 e. The lowest BCUT2D eigenvalue weighted by Crippen LogP contribution is -2.19. The molecule has 0 spiro atoms. The standard InChI is InChI=1S/C9H5F6O/c10-8(11,12)5-16-7-3-1-2-6(4-7)9(13,14)15/h1-2,4H,5H2. The van der Waals surface area contributed by atoms with E-state index in [4.69, 9.17) is 0 Å². The molecule has 89 valence electrons. The van der Waals surface area contributed by atoms with Crippen molar-refractivity contribution in [1.29, 1.82) is 0 Å². The first-order valence-corrected chi connectivity index (χ1v) is 3.97. The second-order valence-electron chi connectivity index (χ2n) is 2.84. The van der Waals surface area contributed by atoms with Crippen molar-refractivity contribution in [3.63, 3.8) is 0 Å².